The van der Waals surface area contributed by atoms with Crippen molar-refractivity contribution < 1.29 is 29.4 Å². The molecule has 3 rings (SSSR count). The summed E-state index contributed by atoms with van der Waals surface area (Å²) in [5.74, 6) is -2.93. The highest BCUT2D eigenvalue weighted by atomic mass is 32.2. The topological polar surface area (TPSA) is 215 Å². The fourth-order valence-electron chi connectivity index (χ4n) is 4.15. The van der Waals surface area contributed by atoms with Gasteiger partial charge in [-0.3, -0.25) is 14.4 Å². The Labute approximate surface area is 235 Å². The number of hydrogen-bond donors (Lipinski definition) is 8. The van der Waals surface area contributed by atoms with Crippen molar-refractivity contribution in [3.8, 4) is 0 Å². The fraction of sp³-hybridized carbons (Fsp3) is 0.423. The summed E-state index contributed by atoms with van der Waals surface area (Å²) in [6.45, 7) is 1.32. The lowest BCUT2D eigenvalue weighted by Gasteiger charge is -2.26. The third kappa shape index (κ3) is 8.31. The Bertz CT molecular complexity index is 1300. The van der Waals surface area contributed by atoms with Crippen molar-refractivity contribution in [2.45, 2.75) is 56.5 Å². The number of nitrogens with two attached hydrogens (primary N) is 1. The van der Waals surface area contributed by atoms with Crippen LogP contribution in [0.2, 0.25) is 0 Å². The van der Waals surface area contributed by atoms with Gasteiger partial charge in [-0.25, -0.2) is 9.78 Å². The molecule has 0 aliphatic carbocycles. The normalized spacial score (nSPS) is 15.0. The molecule has 0 bridgehead atoms. The van der Waals surface area contributed by atoms with E-state index in [4.69, 9.17) is 5.73 Å². The van der Waals surface area contributed by atoms with E-state index in [1.54, 1.807) is 6.20 Å². The van der Waals surface area contributed by atoms with Crippen molar-refractivity contribution in [3.63, 3.8) is 0 Å². The molecule has 0 aliphatic rings. The number of para-hydroxylation sites is 1. The van der Waals surface area contributed by atoms with Gasteiger partial charge < -0.3 is 41.9 Å². The van der Waals surface area contributed by atoms with Gasteiger partial charge in [-0.05, 0) is 43.4 Å². The van der Waals surface area contributed by atoms with Gasteiger partial charge in [0.15, 0.2) is 0 Å². The van der Waals surface area contributed by atoms with Crippen LogP contribution in [-0.4, -0.2) is 91.1 Å². The number of thioether (sulfide) groups is 1. The number of imidazole rings is 1. The Balaban J connectivity index is 1.70. The van der Waals surface area contributed by atoms with E-state index in [1.165, 1.54) is 31.2 Å². The van der Waals surface area contributed by atoms with Crippen molar-refractivity contribution in [1.82, 2.24) is 30.9 Å². The smallest absolute Gasteiger partial charge is 0.326 e. The van der Waals surface area contributed by atoms with E-state index in [-0.39, 0.29) is 19.3 Å². The number of aromatic nitrogens is 3. The number of hydrogen-bond acceptors (Lipinski definition) is 8. The molecule has 9 N–H and O–H groups in total. The summed E-state index contributed by atoms with van der Waals surface area (Å²) in [5.41, 5.74) is 8.36. The average molecular weight is 574 g/mol. The molecule has 2 heterocycles. The molecule has 3 aromatic rings. The van der Waals surface area contributed by atoms with Crippen molar-refractivity contribution in [1.29, 1.82) is 0 Å². The highest BCUT2D eigenvalue weighted by Gasteiger charge is 2.33. The van der Waals surface area contributed by atoms with Crippen molar-refractivity contribution in [2.24, 2.45) is 5.73 Å². The van der Waals surface area contributed by atoms with E-state index in [9.17, 15) is 29.4 Å². The molecule has 1 aromatic carbocycles. The van der Waals surface area contributed by atoms with E-state index < -0.39 is 54.0 Å². The van der Waals surface area contributed by atoms with Gasteiger partial charge in [-0.2, -0.15) is 11.8 Å². The maximum Gasteiger partial charge on any atom is 0.326 e. The molecule has 0 saturated heterocycles. The van der Waals surface area contributed by atoms with E-state index in [2.05, 4.69) is 30.9 Å². The van der Waals surface area contributed by atoms with E-state index in [1.807, 2.05) is 30.5 Å². The number of benzene rings is 1. The molecule has 5 unspecified atom stereocenters. The van der Waals surface area contributed by atoms with Crippen molar-refractivity contribution in [2.75, 3.05) is 12.0 Å². The van der Waals surface area contributed by atoms with Crippen LogP contribution in [0.15, 0.2) is 43.0 Å². The second kappa shape index (κ2) is 14.5. The monoisotopic (exact) mass is 573 g/mol. The maximum absolute atomic E-state index is 13.2. The second-order valence-corrected chi connectivity index (χ2v) is 10.4. The minimum absolute atomic E-state index is 0.0347. The number of carbonyl (C=O) groups is 4. The standard InChI is InChI=1S/C26H35N7O6S/c1-14(34)22(33-23(35)18(27)9-15-11-29-19-6-4-3-5-17(15)19)25(37)32-21(10-16-12-28-13-30-16)24(36)31-20(26(38)39)7-8-40-2/h3-6,11-14,18,20-22,29,34H,7-10,27H2,1-2H3,(H,28,30)(H,31,36)(H,32,37)(H,33,35)(H,38,39). The van der Waals surface area contributed by atoms with Crippen LogP contribution < -0.4 is 21.7 Å². The number of rotatable bonds is 15. The van der Waals surface area contributed by atoms with Crippen LogP contribution in [0.1, 0.15) is 24.6 Å². The molecule has 5 atom stereocenters. The zero-order chi connectivity index (χ0) is 29.2. The SMILES string of the molecule is CSCCC(NC(=O)C(Cc1cnc[nH]1)NC(=O)C(NC(=O)C(N)Cc1c[nH]c2ccccc12)C(C)O)C(=O)O. The van der Waals surface area contributed by atoms with Crippen LogP contribution in [0.25, 0.3) is 10.9 Å². The summed E-state index contributed by atoms with van der Waals surface area (Å²) in [6.07, 6.45) is 5.46. The Kier molecular flexibility index (Phi) is 11.1. The lowest BCUT2D eigenvalue weighted by atomic mass is 10.0. The summed E-state index contributed by atoms with van der Waals surface area (Å²) in [4.78, 5) is 60.7. The van der Waals surface area contributed by atoms with Crippen LogP contribution in [0, 0.1) is 0 Å². The molecule has 0 radical (unpaired) electrons. The number of carboxylic acids is 1. The molecule has 0 fully saturated rings. The first-order chi connectivity index (χ1) is 19.1. The summed E-state index contributed by atoms with van der Waals surface area (Å²) >= 11 is 1.44. The Morgan fingerprint density at radius 1 is 1.02 bits per heavy atom. The van der Waals surface area contributed by atoms with Gasteiger partial charge in [0, 0.05) is 35.4 Å². The molecule has 0 spiro atoms. The number of aliphatic hydroxyl groups excluding tert-OH is 1. The van der Waals surface area contributed by atoms with E-state index in [0.717, 1.165) is 16.5 Å². The Morgan fingerprint density at radius 2 is 1.75 bits per heavy atom. The first-order valence-corrected chi connectivity index (χ1v) is 14.1. The first-order valence-electron chi connectivity index (χ1n) is 12.7. The number of nitrogens with zero attached hydrogens (tertiary/aromatic N) is 1. The number of carboxylic acid groups (broad SMARTS) is 1. The molecule has 2 aromatic heterocycles. The Hall–Kier alpha value is -3.88. The molecule has 14 heteroatoms. The number of aliphatic carboxylic acids is 1. The van der Waals surface area contributed by atoms with Gasteiger partial charge in [0.05, 0.1) is 18.5 Å². The summed E-state index contributed by atoms with van der Waals surface area (Å²) < 4.78 is 0. The van der Waals surface area contributed by atoms with Gasteiger partial charge in [0.25, 0.3) is 0 Å². The fourth-order valence-corrected chi connectivity index (χ4v) is 4.62. The van der Waals surface area contributed by atoms with Gasteiger partial charge in [-0.15, -0.1) is 0 Å². The van der Waals surface area contributed by atoms with Crippen LogP contribution in [0.4, 0.5) is 0 Å². The predicted octanol–water partition coefficient (Wildman–Crippen LogP) is -0.324. The quantitative estimate of drug-likeness (QED) is 0.119. The molecule has 3 amide bonds. The minimum atomic E-state index is -1.43. The van der Waals surface area contributed by atoms with Crippen LogP contribution in [-0.2, 0) is 32.0 Å². The van der Waals surface area contributed by atoms with Crippen LogP contribution in [0.3, 0.4) is 0 Å². The molecular formula is C26H35N7O6S. The number of nitrogens with one attached hydrogen (secondary N) is 5. The van der Waals surface area contributed by atoms with E-state index in [0.29, 0.717) is 11.4 Å². The lowest BCUT2D eigenvalue weighted by Crippen LogP contribution is -2.60. The third-order valence-corrected chi connectivity index (χ3v) is 7.00. The van der Waals surface area contributed by atoms with Gasteiger partial charge in [-0.1, -0.05) is 18.2 Å². The largest absolute Gasteiger partial charge is 0.480 e. The zero-order valence-electron chi connectivity index (χ0n) is 22.2. The number of fused-ring (bicyclic) bond motifs is 1. The number of aliphatic hydroxyl groups is 1. The maximum atomic E-state index is 13.2. The Morgan fingerprint density at radius 3 is 2.40 bits per heavy atom. The molecule has 0 saturated carbocycles. The predicted molar refractivity (Wildman–Crippen MR) is 150 cm³/mol. The summed E-state index contributed by atoms with van der Waals surface area (Å²) in [7, 11) is 0. The molecule has 13 nitrogen and oxygen atoms in total. The highest BCUT2D eigenvalue weighted by molar-refractivity contribution is 7.98. The van der Waals surface area contributed by atoms with Gasteiger partial charge in [0.1, 0.15) is 18.1 Å². The van der Waals surface area contributed by atoms with E-state index >= 15 is 0 Å². The summed E-state index contributed by atoms with van der Waals surface area (Å²) in [5, 5.41) is 28.2. The molecule has 0 aliphatic heterocycles. The highest BCUT2D eigenvalue weighted by Crippen LogP contribution is 2.19. The van der Waals surface area contributed by atoms with Crippen molar-refractivity contribution in [3.05, 3.63) is 54.2 Å². The van der Waals surface area contributed by atoms with Crippen LogP contribution in [0.5, 0.6) is 0 Å². The number of carbonyl (C=O) groups excluding carboxylic acids is 3. The average Bonchev–Trinajstić information content (AvgIpc) is 3.58. The van der Waals surface area contributed by atoms with Gasteiger partial charge >= 0.3 is 5.97 Å². The molecule has 40 heavy (non-hydrogen) atoms. The number of H-pyrrole nitrogens is 2. The third-order valence-electron chi connectivity index (χ3n) is 6.35. The zero-order valence-corrected chi connectivity index (χ0v) is 23.0. The first kappa shape index (κ1) is 30.7. The minimum Gasteiger partial charge on any atom is -0.480 e. The summed E-state index contributed by atoms with van der Waals surface area (Å²) in [6, 6.07) is 2.73. The number of amides is 3. The second-order valence-electron chi connectivity index (χ2n) is 9.42. The van der Waals surface area contributed by atoms with Crippen molar-refractivity contribution >= 4 is 46.4 Å². The number of aromatic amines is 2. The lowest BCUT2D eigenvalue weighted by molar-refractivity contribution is -0.142. The molecular weight excluding hydrogens is 538 g/mol. The van der Waals surface area contributed by atoms with Gasteiger partial charge in [0.2, 0.25) is 17.7 Å². The van der Waals surface area contributed by atoms with Crippen LogP contribution >= 0.6 is 11.8 Å². The molecule has 216 valence electrons.